The maximum atomic E-state index is 13.3. The SMILES string of the molecule is Cc1ccc(C2=CC3CCCC(C2)N3C(=O)OCC2c3ccccc3-c3ccccc32)s1. The summed E-state index contributed by atoms with van der Waals surface area (Å²) in [4.78, 5) is 18.0. The Balaban J connectivity index is 1.22. The molecule has 3 aliphatic rings. The summed E-state index contributed by atoms with van der Waals surface area (Å²) in [5, 5.41) is 0. The van der Waals surface area contributed by atoms with Crippen LogP contribution in [0.1, 0.15) is 52.5 Å². The second kappa shape index (κ2) is 7.93. The van der Waals surface area contributed by atoms with Gasteiger partial charge in [-0.3, -0.25) is 4.90 Å². The van der Waals surface area contributed by atoms with Crippen LogP contribution < -0.4 is 0 Å². The quantitative estimate of drug-likeness (QED) is 0.437. The normalized spacial score (nSPS) is 21.7. The summed E-state index contributed by atoms with van der Waals surface area (Å²) in [6.45, 7) is 2.55. The molecule has 6 rings (SSSR count). The second-order valence-electron chi connectivity index (χ2n) is 9.17. The highest BCUT2D eigenvalue weighted by molar-refractivity contribution is 7.13. The number of piperidine rings is 1. The molecule has 3 aromatic rings. The van der Waals surface area contributed by atoms with E-state index in [4.69, 9.17) is 4.74 Å². The summed E-state index contributed by atoms with van der Waals surface area (Å²) in [5.41, 5.74) is 6.45. The maximum Gasteiger partial charge on any atom is 0.410 e. The number of hydrogen-bond donors (Lipinski definition) is 0. The van der Waals surface area contributed by atoms with E-state index in [0.29, 0.717) is 6.61 Å². The molecular formula is C28H27NO2S. The highest BCUT2D eigenvalue weighted by Gasteiger charge is 2.39. The highest BCUT2D eigenvalue weighted by atomic mass is 32.1. The van der Waals surface area contributed by atoms with Crippen molar-refractivity contribution in [1.29, 1.82) is 0 Å². The molecule has 0 radical (unpaired) electrons. The van der Waals surface area contributed by atoms with Gasteiger partial charge < -0.3 is 4.74 Å². The maximum absolute atomic E-state index is 13.3. The number of fused-ring (bicyclic) bond motifs is 5. The number of carbonyl (C=O) groups excluding carboxylic acids is 1. The largest absolute Gasteiger partial charge is 0.448 e. The molecule has 4 heteroatoms. The molecule has 2 aliphatic heterocycles. The Morgan fingerprint density at radius 2 is 1.72 bits per heavy atom. The number of nitrogens with zero attached hydrogens (tertiary/aromatic N) is 1. The van der Waals surface area contributed by atoms with Gasteiger partial charge in [0.25, 0.3) is 0 Å². The molecule has 1 aliphatic carbocycles. The molecule has 2 aromatic carbocycles. The van der Waals surface area contributed by atoms with Crippen LogP contribution in [0.2, 0.25) is 0 Å². The lowest BCUT2D eigenvalue weighted by Gasteiger charge is -2.44. The molecule has 32 heavy (non-hydrogen) atoms. The minimum atomic E-state index is -0.153. The Bertz CT molecular complexity index is 1160. The summed E-state index contributed by atoms with van der Waals surface area (Å²) >= 11 is 1.85. The summed E-state index contributed by atoms with van der Waals surface area (Å²) in [6, 6.07) is 21.8. The van der Waals surface area contributed by atoms with Crippen LogP contribution >= 0.6 is 11.3 Å². The van der Waals surface area contributed by atoms with Gasteiger partial charge in [0.1, 0.15) is 6.61 Å². The average Bonchev–Trinajstić information content (AvgIpc) is 3.38. The van der Waals surface area contributed by atoms with Crippen LogP contribution in [-0.2, 0) is 4.74 Å². The van der Waals surface area contributed by atoms with E-state index in [1.807, 2.05) is 16.2 Å². The molecule has 0 N–H and O–H groups in total. The first-order chi connectivity index (χ1) is 15.7. The summed E-state index contributed by atoms with van der Waals surface area (Å²) in [6.07, 6.45) is 6.36. The zero-order chi connectivity index (χ0) is 21.7. The van der Waals surface area contributed by atoms with Crippen LogP contribution in [0, 0.1) is 6.92 Å². The van der Waals surface area contributed by atoms with Gasteiger partial charge in [-0.2, -0.15) is 0 Å². The molecule has 1 aromatic heterocycles. The molecule has 0 saturated carbocycles. The van der Waals surface area contributed by atoms with Gasteiger partial charge in [0, 0.05) is 21.7 Å². The zero-order valence-electron chi connectivity index (χ0n) is 18.3. The Morgan fingerprint density at radius 3 is 2.38 bits per heavy atom. The molecule has 3 nitrogen and oxygen atoms in total. The van der Waals surface area contributed by atoms with Crippen molar-refractivity contribution in [2.45, 2.75) is 50.6 Å². The Kier molecular flexibility index (Phi) is 4.91. The molecule has 2 atom stereocenters. The molecule has 0 spiro atoms. The van der Waals surface area contributed by atoms with E-state index >= 15 is 0 Å². The number of benzene rings is 2. The fraction of sp³-hybridized carbons (Fsp3) is 0.321. The van der Waals surface area contributed by atoms with Crippen molar-refractivity contribution in [1.82, 2.24) is 4.90 Å². The van der Waals surface area contributed by atoms with Crippen molar-refractivity contribution in [3.8, 4) is 11.1 Å². The predicted molar refractivity (Wildman–Crippen MR) is 130 cm³/mol. The highest BCUT2D eigenvalue weighted by Crippen LogP contribution is 2.45. The number of aryl methyl sites for hydroxylation is 1. The molecule has 2 unspecified atom stereocenters. The summed E-state index contributed by atoms with van der Waals surface area (Å²) in [5.74, 6) is 0.108. The van der Waals surface area contributed by atoms with Gasteiger partial charge >= 0.3 is 6.09 Å². The van der Waals surface area contributed by atoms with E-state index in [-0.39, 0.29) is 24.1 Å². The van der Waals surface area contributed by atoms with E-state index in [1.165, 1.54) is 44.0 Å². The van der Waals surface area contributed by atoms with Crippen LogP contribution in [0.15, 0.2) is 66.7 Å². The van der Waals surface area contributed by atoms with Gasteiger partial charge in [0.15, 0.2) is 0 Å². The van der Waals surface area contributed by atoms with E-state index in [9.17, 15) is 4.79 Å². The van der Waals surface area contributed by atoms with Crippen LogP contribution in [0.5, 0.6) is 0 Å². The monoisotopic (exact) mass is 441 g/mol. The van der Waals surface area contributed by atoms with E-state index in [1.54, 1.807) is 0 Å². The number of thiophene rings is 1. The van der Waals surface area contributed by atoms with Gasteiger partial charge in [-0.15, -0.1) is 11.3 Å². The topological polar surface area (TPSA) is 29.5 Å². The third kappa shape index (κ3) is 3.29. The lowest BCUT2D eigenvalue weighted by atomic mass is 9.85. The fourth-order valence-corrected chi connectivity index (χ4v) is 6.67. The van der Waals surface area contributed by atoms with Gasteiger partial charge in [-0.1, -0.05) is 54.6 Å². The van der Waals surface area contributed by atoms with E-state index < -0.39 is 0 Å². The van der Waals surface area contributed by atoms with Crippen molar-refractivity contribution in [3.05, 3.63) is 87.6 Å². The van der Waals surface area contributed by atoms with Crippen LogP contribution in [-0.4, -0.2) is 29.7 Å². The van der Waals surface area contributed by atoms with Crippen molar-refractivity contribution < 1.29 is 9.53 Å². The lowest BCUT2D eigenvalue weighted by Crippen LogP contribution is -2.51. The lowest BCUT2D eigenvalue weighted by molar-refractivity contribution is 0.0539. The van der Waals surface area contributed by atoms with E-state index in [0.717, 1.165) is 19.3 Å². The van der Waals surface area contributed by atoms with Crippen LogP contribution in [0.25, 0.3) is 16.7 Å². The molecule has 1 amide bonds. The molecule has 1 fully saturated rings. The minimum absolute atomic E-state index is 0.108. The third-order valence-corrected chi connectivity index (χ3v) is 8.32. The number of ether oxygens (including phenoxy) is 1. The smallest absolute Gasteiger partial charge is 0.410 e. The van der Waals surface area contributed by atoms with Crippen molar-refractivity contribution in [2.24, 2.45) is 0 Å². The van der Waals surface area contributed by atoms with Gasteiger partial charge in [0.05, 0.1) is 6.04 Å². The zero-order valence-corrected chi connectivity index (χ0v) is 19.1. The minimum Gasteiger partial charge on any atom is -0.448 e. The predicted octanol–water partition coefficient (Wildman–Crippen LogP) is 7.02. The Labute approximate surface area is 193 Å². The number of carbonyl (C=O) groups is 1. The molecule has 2 bridgehead atoms. The fourth-order valence-electron chi connectivity index (χ4n) is 5.77. The van der Waals surface area contributed by atoms with Crippen molar-refractivity contribution >= 4 is 23.0 Å². The Morgan fingerprint density at radius 1 is 1.00 bits per heavy atom. The first-order valence-electron chi connectivity index (χ1n) is 11.6. The summed E-state index contributed by atoms with van der Waals surface area (Å²) < 4.78 is 6.02. The third-order valence-electron chi connectivity index (χ3n) is 7.24. The molecule has 162 valence electrons. The number of hydrogen-bond acceptors (Lipinski definition) is 3. The molecular weight excluding hydrogens is 414 g/mol. The van der Waals surface area contributed by atoms with E-state index in [2.05, 4.69) is 73.7 Å². The van der Waals surface area contributed by atoms with Crippen LogP contribution in [0.4, 0.5) is 4.79 Å². The van der Waals surface area contributed by atoms with Gasteiger partial charge in [0.2, 0.25) is 0 Å². The molecule has 3 heterocycles. The first-order valence-corrected chi connectivity index (χ1v) is 12.4. The van der Waals surface area contributed by atoms with Crippen molar-refractivity contribution in [2.75, 3.05) is 6.61 Å². The van der Waals surface area contributed by atoms with Gasteiger partial charge in [-0.05, 0) is 72.6 Å². The molecule has 1 saturated heterocycles. The average molecular weight is 442 g/mol. The summed E-state index contributed by atoms with van der Waals surface area (Å²) in [7, 11) is 0. The first kappa shape index (κ1) is 19.8. The second-order valence-corrected chi connectivity index (χ2v) is 10.5. The van der Waals surface area contributed by atoms with Gasteiger partial charge in [-0.25, -0.2) is 4.79 Å². The Hall–Kier alpha value is -2.85. The number of amides is 1. The number of rotatable bonds is 3. The van der Waals surface area contributed by atoms with Crippen molar-refractivity contribution in [3.63, 3.8) is 0 Å². The van der Waals surface area contributed by atoms with Crippen LogP contribution in [0.3, 0.4) is 0 Å². The standard InChI is InChI=1S/C28H27NO2S/c1-18-13-14-27(32-18)19-15-20-7-6-8-21(16-19)29(20)28(30)31-17-26-24-11-4-2-9-22(24)23-10-3-5-12-25(23)26/h2-5,9-15,20-21,26H,6-8,16-17H2,1H3.